The minimum absolute atomic E-state index is 0.176. The largest absolute Gasteiger partial charge is 0.381 e. The summed E-state index contributed by atoms with van der Waals surface area (Å²) in [5, 5.41) is 9.71. The first kappa shape index (κ1) is 15.4. The lowest BCUT2D eigenvalue weighted by Gasteiger charge is -2.37. The number of carbonyl (C=O) groups is 2. The third kappa shape index (κ3) is 3.58. The topological polar surface area (TPSA) is 60.9 Å². The quantitative estimate of drug-likeness (QED) is 0.881. The zero-order valence-corrected chi connectivity index (χ0v) is 12.2. The van der Waals surface area contributed by atoms with Crippen LogP contribution in [-0.2, 0) is 4.79 Å². The number of carbonyl (C=O) groups excluding carboxylic acids is 2. The second-order valence-corrected chi connectivity index (χ2v) is 5.65. The summed E-state index contributed by atoms with van der Waals surface area (Å²) in [6, 6.07) is 5.40. The van der Waals surface area contributed by atoms with Gasteiger partial charge in [0.05, 0.1) is 0 Å². The lowest BCUT2D eigenvalue weighted by atomic mass is 10.1. The fourth-order valence-electron chi connectivity index (χ4n) is 2.27. The average molecular weight is 294 g/mol. The third-order valence-corrected chi connectivity index (χ3v) is 3.47. The van der Waals surface area contributed by atoms with Crippen LogP contribution in [-0.4, -0.2) is 58.5 Å². The lowest BCUT2D eigenvalue weighted by molar-refractivity contribution is -0.149. The molecule has 0 atom stereocenters. The second kappa shape index (κ2) is 5.81. The van der Waals surface area contributed by atoms with Gasteiger partial charge in [0.1, 0.15) is 11.4 Å². The van der Waals surface area contributed by atoms with Crippen molar-refractivity contribution in [2.45, 2.75) is 19.4 Å². The van der Waals surface area contributed by atoms with E-state index >= 15 is 0 Å². The van der Waals surface area contributed by atoms with E-state index in [2.05, 4.69) is 0 Å². The molecule has 1 aromatic carbocycles. The van der Waals surface area contributed by atoms with Crippen LogP contribution in [0.4, 0.5) is 4.39 Å². The maximum Gasteiger partial charge on any atom is 0.254 e. The molecule has 0 bridgehead atoms. The molecular weight excluding hydrogens is 275 g/mol. The van der Waals surface area contributed by atoms with Gasteiger partial charge in [0.15, 0.2) is 0 Å². The smallest absolute Gasteiger partial charge is 0.254 e. The van der Waals surface area contributed by atoms with E-state index in [4.69, 9.17) is 0 Å². The number of hydrogen-bond donors (Lipinski definition) is 1. The number of benzene rings is 1. The molecule has 21 heavy (non-hydrogen) atoms. The number of amides is 2. The monoisotopic (exact) mass is 294 g/mol. The Morgan fingerprint density at radius 1 is 1.05 bits per heavy atom. The summed E-state index contributed by atoms with van der Waals surface area (Å²) in [7, 11) is 0. The zero-order chi connectivity index (χ0) is 15.6. The number of piperazine rings is 1. The van der Waals surface area contributed by atoms with Gasteiger partial charge in [0.25, 0.3) is 11.8 Å². The molecular formula is C15H19FN2O3. The minimum atomic E-state index is -1.40. The Labute approximate surface area is 123 Å². The van der Waals surface area contributed by atoms with E-state index < -0.39 is 5.60 Å². The Morgan fingerprint density at radius 2 is 1.52 bits per heavy atom. The summed E-state index contributed by atoms with van der Waals surface area (Å²) in [6.45, 7) is 4.47. The molecule has 1 saturated heterocycles. The molecule has 1 aromatic rings. The van der Waals surface area contributed by atoms with Crippen molar-refractivity contribution in [1.82, 2.24) is 9.80 Å². The van der Waals surface area contributed by atoms with Gasteiger partial charge in [0, 0.05) is 31.7 Å². The van der Waals surface area contributed by atoms with E-state index in [0.717, 1.165) is 0 Å². The minimum Gasteiger partial charge on any atom is -0.381 e. The normalized spacial score (nSPS) is 16.0. The van der Waals surface area contributed by atoms with Crippen molar-refractivity contribution in [3.63, 3.8) is 0 Å². The van der Waals surface area contributed by atoms with Crippen molar-refractivity contribution in [2.24, 2.45) is 0 Å². The van der Waals surface area contributed by atoms with Gasteiger partial charge in [0.2, 0.25) is 0 Å². The molecule has 2 rings (SSSR count). The predicted octanol–water partition coefficient (Wildman–Crippen LogP) is 0.881. The molecule has 2 amide bonds. The molecule has 0 radical (unpaired) electrons. The standard InChI is InChI=1S/C15H19FN2O3/c1-15(2,21)14(20)18-9-7-17(8-10-18)13(19)11-3-5-12(16)6-4-11/h3-6,21H,7-10H2,1-2H3. The number of halogens is 1. The zero-order valence-electron chi connectivity index (χ0n) is 12.2. The van der Waals surface area contributed by atoms with Gasteiger partial charge in [-0.25, -0.2) is 4.39 Å². The van der Waals surface area contributed by atoms with Crippen LogP contribution >= 0.6 is 0 Å². The molecule has 1 aliphatic rings. The molecule has 1 N–H and O–H groups in total. The van der Waals surface area contributed by atoms with Crippen LogP contribution in [0.1, 0.15) is 24.2 Å². The predicted molar refractivity (Wildman–Crippen MR) is 75.2 cm³/mol. The van der Waals surface area contributed by atoms with Crippen LogP contribution in [0, 0.1) is 5.82 Å². The summed E-state index contributed by atoms with van der Waals surface area (Å²) in [5.41, 5.74) is -0.970. The number of nitrogens with zero attached hydrogens (tertiary/aromatic N) is 2. The fourth-order valence-corrected chi connectivity index (χ4v) is 2.27. The summed E-state index contributed by atoms with van der Waals surface area (Å²) in [4.78, 5) is 27.3. The van der Waals surface area contributed by atoms with Crippen molar-refractivity contribution in [1.29, 1.82) is 0 Å². The molecule has 1 heterocycles. The lowest BCUT2D eigenvalue weighted by Crippen LogP contribution is -2.55. The van der Waals surface area contributed by atoms with Gasteiger partial charge < -0.3 is 14.9 Å². The number of aliphatic hydroxyl groups is 1. The molecule has 114 valence electrons. The molecule has 0 aromatic heterocycles. The van der Waals surface area contributed by atoms with Crippen molar-refractivity contribution < 1.29 is 19.1 Å². The highest BCUT2D eigenvalue weighted by Crippen LogP contribution is 2.13. The molecule has 0 saturated carbocycles. The molecule has 0 unspecified atom stereocenters. The van der Waals surface area contributed by atoms with E-state index in [1.165, 1.54) is 38.1 Å². The van der Waals surface area contributed by atoms with E-state index in [1.807, 2.05) is 0 Å². The Hall–Kier alpha value is -1.95. The van der Waals surface area contributed by atoms with Gasteiger partial charge in [-0.15, -0.1) is 0 Å². The SMILES string of the molecule is CC(C)(O)C(=O)N1CCN(C(=O)c2ccc(F)cc2)CC1. The van der Waals surface area contributed by atoms with E-state index in [1.54, 1.807) is 9.80 Å². The third-order valence-electron chi connectivity index (χ3n) is 3.47. The Morgan fingerprint density at radius 3 is 2.00 bits per heavy atom. The molecule has 1 aliphatic heterocycles. The van der Waals surface area contributed by atoms with Crippen molar-refractivity contribution in [2.75, 3.05) is 26.2 Å². The highest BCUT2D eigenvalue weighted by atomic mass is 19.1. The van der Waals surface area contributed by atoms with Crippen molar-refractivity contribution in [3.8, 4) is 0 Å². The van der Waals surface area contributed by atoms with Gasteiger partial charge in [-0.2, -0.15) is 0 Å². The van der Waals surface area contributed by atoms with Crippen LogP contribution < -0.4 is 0 Å². The van der Waals surface area contributed by atoms with Crippen LogP contribution in [0.2, 0.25) is 0 Å². The Kier molecular flexibility index (Phi) is 4.27. The van der Waals surface area contributed by atoms with E-state index in [0.29, 0.717) is 31.7 Å². The molecule has 0 spiro atoms. The van der Waals surface area contributed by atoms with Crippen LogP contribution in [0.15, 0.2) is 24.3 Å². The first-order valence-corrected chi connectivity index (χ1v) is 6.85. The van der Waals surface area contributed by atoms with Gasteiger partial charge in [-0.1, -0.05) is 0 Å². The van der Waals surface area contributed by atoms with Crippen molar-refractivity contribution in [3.05, 3.63) is 35.6 Å². The van der Waals surface area contributed by atoms with Crippen molar-refractivity contribution >= 4 is 11.8 Å². The maximum absolute atomic E-state index is 12.9. The summed E-state index contributed by atoms with van der Waals surface area (Å²) in [6.07, 6.45) is 0. The first-order chi connectivity index (χ1) is 9.79. The first-order valence-electron chi connectivity index (χ1n) is 6.85. The molecule has 6 heteroatoms. The molecule has 1 fully saturated rings. The Bertz CT molecular complexity index is 529. The molecule has 5 nitrogen and oxygen atoms in total. The van der Waals surface area contributed by atoms with Crippen LogP contribution in [0.25, 0.3) is 0 Å². The summed E-state index contributed by atoms with van der Waals surface area (Å²) in [5.74, 6) is -0.895. The van der Waals surface area contributed by atoms with Crippen LogP contribution in [0.5, 0.6) is 0 Å². The highest BCUT2D eigenvalue weighted by Gasteiger charge is 2.32. The second-order valence-electron chi connectivity index (χ2n) is 5.65. The number of rotatable bonds is 2. The summed E-state index contributed by atoms with van der Waals surface area (Å²) < 4.78 is 12.9. The van der Waals surface area contributed by atoms with E-state index in [-0.39, 0.29) is 17.6 Å². The van der Waals surface area contributed by atoms with Gasteiger partial charge >= 0.3 is 0 Å². The molecule has 0 aliphatic carbocycles. The fraction of sp³-hybridized carbons (Fsp3) is 0.467. The number of hydrogen-bond acceptors (Lipinski definition) is 3. The Balaban J connectivity index is 1.96. The van der Waals surface area contributed by atoms with Gasteiger partial charge in [-0.05, 0) is 38.1 Å². The highest BCUT2D eigenvalue weighted by molar-refractivity contribution is 5.94. The maximum atomic E-state index is 12.9. The summed E-state index contributed by atoms with van der Waals surface area (Å²) >= 11 is 0. The van der Waals surface area contributed by atoms with Crippen LogP contribution in [0.3, 0.4) is 0 Å². The van der Waals surface area contributed by atoms with Gasteiger partial charge in [-0.3, -0.25) is 9.59 Å². The van der Waals surface area contributed by atoms with E-state index in [9.17, 15) is 19.1 Å². The average Bonchev–Trinajstić information content (AvgIpc) is 2.46.